The molecule has 1 fully saturated rings. The smallest absolute Gasteiger partial charge is 0.331 e. The van der Waals surface area contributed by atoms with Crippen molar-refractivity contribution < 1.29 is 32.2 Å². The zero-order valence-corrected chi connectivity index (χ0v) is 19.5. The van der Waals surface area contributed by atoms with Crippen molar-refractivity contribution in [3.05, 3.63) is 59.7 Å². The molecular weight excluding hydrogens is 446 g/mol. The molecule has 0 atom stereocenters. The molecular formula is C24H27NO7S. The number of carbonyl (C=O) groups is 2. The van der Waals surface area contributed by atoms with Crippen molar-refractivity contribution in [1.82, 2.24) is 4.31 Å². The van der Waals surface area contributed by atoms with E-state index in [0.717, 1.165) is 19.3 Å². The van der Waals surface area contributed by atoms with Crippen molar-refractivity contribution in [3.63, 3.8) is 0 Å². The van der Waals surface area contributed by atoms with Crippen molar-refractivity contribution in [3.8, 4) is 11.5 Å². The number of sulfonamides is 1. The number of carbonyl (C=O) groups excluding carboxylic acids is 2. The molecule has 0 aliphatic carbocycles. The van der Waals surface area contributed by atoms with Crippen LogP contribution in [0.5, 0.6) is 11.5 Å². The first-order chi connectivity index (χ1) is 15.9. The van der Waals surface area contributed by atoms with Gasteiger partial charge in [0.1, 0.15) is 0 Å². The van der Waals surface area contributed by atoms with Crippen LogP contribution in [0.1, 0.15) is 35.2 Å². The van der Waals surface area contributed by atoms with Gasteiger partial charge in [0.2, 0.25) is 10.0 Å². The summed E-state index contributed by atoms with van der Waals surface area (Å²) in [6, 6.07) is 10.9. The van der Waals surface area contributed by atoms with Gasteiger partial charge in [-0.2, -0.15) is 4.31 Å². The Hall–Kier alpha value is -3.17. The third-order valence-electron chi connectivity index (χ3n) is 5.31. The van der Waals surface area contributed by atoms with Crippen LogP contribution < -0.4 is 9.47 Å². The Morgan fingerprint density at radius 2 is 1.67 bits per heavy atom. The Morgan fingerprint density at radius 1 is 0.970 bits per heavy atom. The predicted molar refractivity (Wildman–Crippen MR) is 123 cm³/mol. The van der Waals surface area contributed by atoms with Gasteiger partial charge in [0.05, 0.1) is 19.1 Å². The molecule has 0 saturated carbocycles. The van der Waals surface area contributed by atoms with E-state index in [2.05, 4.69) is 0 Å². The normalized spacial score (nSPS) is 14.7. The second kappa shape index (κ2) is 11.1. The topological polar surface area (TPSA) is 99.2 Å². The van der Waals surface area contributed by atoms with Crippen molar-refractivity contribution >= 4 is 27.9 Å². The first-order valence-electron chi connectivity index (χ1n) is 10.6. The van der Waals surface area contributed by atoms with Gasteiger partial charge in [-0.05, 0) is 49.2 Å². The molecule has 0 spiro atoms. The van der Waals surface area contributed by atoms with Crippen molar-refractivity contribution in [2.45, 2.75) is 24.2 Å². The van der Waals surface area contributed by atoms with E-state index in [9.17, 15) is 18.0 Å². The van der Waals surface area contributed by atoms with Crippen LogP contribution >= 0.6 is 0 Å². The number of esters is 1. The highest BCUT2D eigenvalue weighted by Gasteiger charge is 2.26. The maximum absolute atomic E-state index is 12.7. The number of benzene rings is 2. The molecule has 0 aromatic heterocycles. The summed E-state index contributed by atoms with van der Waals surface area (Å²) in [6.45, 7) is 0.554. The van der Waals surface area contributed by atoms with Gasteiger partial charge >= 0.3 is 5.97 Å². The summed E-state index contributed by atoms with van der Waals surface area (Å²) in [5.74, 6) is -0.135. The number of Topliss-reactive ketones (excluding diaryl/α,β-unsaturated/α-hetero) is 1. The molecule has 9 heteroatoms. The molecule has 0 N–H and O–H groups in total. The first-order valence-corrected chi connectivity index (χ1v) is 12.0. The van der Waals surface area contributed by atoms with Crippen LogP contribution in [0.4, 0.5) is 0 Å². The van der Waals surface area contributed by atoms with Gasteiger partial charge in [-0.25, -0.2) is 13.2 Å². The summed E-state index contributed by atoms with van der Waals surface area (Å²) in [6.07, 6.45) is 5.42. The second-order valence-corrected chi connectivity index (χ2v) is 9.37. The summed E-state index contributed by atoms with van der Waals surface area (Å²) < 4.78 is 42.4. The van der Waals surface area contributed by atoms with Crippen LogP contribution in [0, 0.1) is 0 Å². The molecule has 33 heavy (non-hydrogen) atoms. The van der Waals surface area contributed by atoms with Crippen LogP contribution in [0.15, 0.2) is 53.4 Å². The molecule has 0 bridgehead atoms. The Kier molecular flexibility index (Phi) is 8.24. The third-order valence-corrected chi connectivity index (χ3v) is 7.22. The van der Waals surface area contributed by atoms with Crippen LogP contribution in [0.2, 0.25) is 0 Å². The van der Waals surface area contributed by atoms with Gasteiger partial charge in [0, 0.05) is 30.3 Å². The lowest BCUT2D eigenvalue weighted by Crippen LogP contribution is -2.35. The molecule has 1 heterocycles. The second-order valence-electron chi connectivity index (χ2n) is 7.44. The fraction of sp³-hybridized carbons (Fsp3) is 0.333. The van der Waals surface area contributed by atoms with E-state index in [1.165, 1.54) is 54.9 Å². The van der Waals surface area contributed by atoms with E-state index in [0.29, 0.717) is 30.2 Å². The first kappa shape index (κ1) is 24.5. The molecule has 0 amide bonds. The Balaban J connectivity index is 1.58. The van der Waals surface area contributed by atoms with E-state index in [1.807, 2.05) is 0 Å². The van der Waals surface area contributed by atoms with Crippen molar-refractivity contribution in [1.29, 1.82) is 0 Å². The number of ether oxygens (including phenoxy) is 3. The molecule has 1 aliphatic heterocycles. The van der Waals surface area contributed by atoms with Crippen LogP contribution in [0.25, 0.3) is 6.08 Å². The highest BCUT2D eigenvalue weighted by atomic mass is 32.2. The summed E-state index contributed by atoms with van der Waals surface area (Å²) in [4.78, 5) is 24.6. The predicted octanol–water partition coefficient (Wildman–Crippen LogP) is 3.32. The minimum absolute atomic E-state index is 0.146. The van der Waals surface area contributed by atoms with Gasteiger partial charge in [0.15, 0.2) is 23.9 Å². The number of piperidine rings is 1. The zero-order chi connectivity index (χ0) is 23.8. The maximum atomic E-state index is 12.7. The lowest BCUT2D eigenvalue weighted by molar-refractivity contribution is -0.136. The number of para-hydroxylation sites is 1. The highest BCUT2D eigenvalue weighted by Crippen LogP contribution is 2.31. The van der Waals surface area contributed by atoms with Crippen LogP contribution in [-0.4, -0.2) is 58.4 Å². The fourth-order valence-electron chi connectivity index (χ4n) is 3.54. The number of hydrogen-bond acceptors (Lipinski definition) is 7. The molecule has 2 aromatic rings. The number of rotatable bonds is 9. The minimum atomic E-state index is -3.57. The molecule has 3 rings (SSSR count). The molecule has 1 aliphatic rings. The lowest BCUT2D eigenvalue weighted by atomic mass is 10.1. The summed E-state index contributed by atoms with van der Waals surface area (Å²) >= 11 is 0. The van der Waals surface area contributed by atoms with E-state index >= 15 is 0 Å². The summed E-state index contributed by atoms with van der Waals surface area (Å²) in [5, 5.41) is 0. The standard InChI is InChI=1S/C24H27NO7S/c1-30-22-8-6-7-19(24(22)31-2)11-14-23(27)32-17-21(26)18-9-12-20(13-10-18)33(28,29)25-15-4-3-5-16-25/h6-14H,3-5,15-17H2,1-2H3/b14-11+. The van der Waals surface area contributed by atoms with Gasteiger partial charge in [-0.15, -0.1) is 0 Å². The number of ketones is 1. The number of methoxy groups -OCH3 is 2. The Bertz CT molecular complexity index is 1120. The molecule has 2 aromatic carbocycles. The zero-order valence-electron chi connectivity index (χ0n) is 18.7. The Labute approximate surface area is 193 Å². The molecule has 176 valence electrons. The van der Waals surface area contributed by atoms with Crippen LogP contribution in [-0.2, 0) is 19.6 Å². The van der Waals surface area contributed by atoms with E-state index < -0.39 is 28.4 Å². The Morgan fingerprint density at radius 3 is 2.30 bits per heavy atom. The van der Waals surface area contributed by atoms with Gasteiger partial charge in [0.25, 0.3) is 0 Å². The average molecular weight is 474 g/mol. The maximum Gasteiger partial charge on any atom is 0.331 e. The summed E-state index contributed by atoms with van der Waals surface area (Å²) in [5.41, 5.74) is 0.879. The van der Waals surface area contributed by atoms with E-state index in [-0.39, 0.29) is 10.5 Å². The fourth-order valence-corrected chi connectivity index (χ4v) is 5.05. The average Bonchev–Trinajstić information content (AvgIpc) is 2.86. The van der Waals surface area contributed by atoms with Gasteiger partial charge in [-0.3, -0.25) is 4.79 Å². The van der Waals surface area contributed by atoms with Crippen molar-refractivity contribution in [2.75, 3.05) is 33.9 Å². The SMILES string of the molecule is COc1cccc(/C=C/C(=O)OCC(=O)c2ccc(S(=O)(=O)N3CCCCC3)cc2)c1OC. The molecule has 8 nitrogen and oxygen atoms in total. The lowest BCUT2D eigenvalue weighted by Gasteiger charge is -2.25. The summed E-state index contributed by atoms with van der Waals surface area (Å²) in [7, 11) is -0.556. The van der Waals surface area contributed by atoms with Gasteiger partial charge < -0.3 is 14.2 Å². The minimum Gasteiger partial charge on any atom is -0.493 e. The molecule has 1 saturated heterocycles. The third kappa shape index (κ3) is 6.00. The monoisotopic (exact) mass is 473 g/mol. The highest BCUT2D eigenvalue weighted by molar-refractivity contribution is 7.89. The number of hydrogen-bond donors (Lipinski definition) is 0. The van der Waals surface area contributed by atoms with Crippen molar-refractivity contribution in [2.24, 2.45) is 0 Å². The quantitative estimate of drug-likeness (QED) is 0.313. The number of nitrogens with zero attached hydrogens (tertiary/aromatic N) is 1. The largest absolute Gasteiger partial charge is 0.493 e. The van der Waals surface area contributed by atoms with E-state index in [4.69, 9.17) is 14.2 Å². The molecule has 0 radical (unpaired) electrons. The van der Waals surface area contributed by atoms with E-state index in [1.54, 1.807) is 18.2 Å². The van der Waals surface area contributed by atoms with Gasteiger partial charge in [-0.1, -0.05) is 18.6 Å². The van der Waals surface area contributed by atoms with Crippen LogP contribution in [0.3, 0.4) is 0 Å². The molecule has 0 unspecified atom stereocenters.